The highest BCUT2D eigenvalue weighted by Crippen LogP contribution is 2.44. The lowest BCUT2D eigenvalue weighted by Gasteiger charge is -2.20. The number of rotatable bonds is 1. The van der Waals surface area contributed by atoms with Gasteiger partial charge in [-0.05, 0) is 35.1 Å². The Labute approximate surface area is 109 Å². The number of hydrogen-bond donors (Lipinski definition) is 0. The molecule has 90 valence electrons. The average molecular weight is 252 g/mol. The summed E-state index contributed by atoms with van der Waals surface area (Å²) in [5, 5.41) is 2.99. The fraction of sp³-hybridized carbons (Fsp3) is 0.118. The van der Waals surface area contributed by atoms with Crippen LogP contribution in [0.25, 0.3) is 6.08 Å². The molecule has 3 rings (SSSR count). The molecule has 0 fully saturated rings. The van der Waals surface area contributed by atoms with Crippen LogP contribution in [0.2, 0.25) is 0 Å². The van der Waals surface area contributed by atoms with E-state index in [1.807, 2.05) is 0 Å². The van der Waals surface area contributed by atoms with Crippen LogP contribution >= 0.6 is 6.89 Å². The molecule has 0 nitrogen and oxygen atoms in total. The molecule has 0 aliphatic heterocycles. The van der Waals surface area contributed by atoms with Gasteiger partial charge in [-0.15, -0.1) is 0 Å². The molecule has 2 aromatic carbocycles. The Kier molecular flexibility index (Phi) is 2.76. The van der Waals surface area contributed by atoms with Crippen LogP contribution < -0.4 is 5.30 Å². The first-order valence-electron chi connectivity index (χ1n) is 6.24. The fourth-order valence-electron chi connectivity index (χ4n) is 2.56. The summed E-state index contributed by atoms with van der Waals surface area (Å²) in [6.45, 7) is 3.57. The van der Waals surface area contributed by atoms with Crippen LogP contribution in [-0.2, 0) is 0 Å². The predicted molar refractivity (Wildman–Crippen MR) is 84.4 cm³/mol. The second kappa shape index (κ2) is 4.30. The zero-order valence-electron chi connectivity index (χ0n) is 10.8. The van der Waals surface area contributed by atoms with E-state index < -0.39 is 6.89 Å². The number of allylic oxidation sites excluding steroid dienone is 1. The molecule has 0 bridgehead atoms. The van der Waals surface area contributed by atoms with Gasteiger partial charge in [0.25, 0.3) is 0 Å². The summed E-state index contributed by atoms with van der Waals surface area (Å²) < 4.78 is 0. The molecule has 1 aliphatic rings. The Hall–Kier alpha value is -1.52. The van der Waals surface area contributed by atoms with E-state index in [2.05, 4.69) is 80.1 Å². The molecule has 0 radical (unpaired) electrons. The Morgan fingerprint density at radius 3 is 2.17 bits per heavy atom. The molecular weight excluding hydrogens is 235 g/mol. The summed E-state index contributed by atoms with van der Waals surface area (Å²) >= 11 is 0. The maximum Gasteiger partial charge on any atom is -0.0107 e. The third-order valence-corrected chi connectivity index (χ3v) is 6.85. The van der Waals surface area contributed by atoms with Crippen molar-refractivity contribution in [1.29, 1.82) is 0 Å². The van der Waals surface area contributed by atoms with Crippen molar-refractivity contribution in [3.8, 4) is 0 Å². The third-order valence-electron chi connectivity index (χ3n) is 3.66. The SMILES string of the molecule is CP(C)(=C1C=Cc2ccccc21)c1ccccc1. The zero-order chi connectivity index (χ0) is 12.6. The molecule has 0 atom stereocenters. The first-order valence-corrected chi connectivity index (χ1v) is 8.92. The lowest BCUT2D eigenvalue weighted by atomic mass is 10.1. The third kappa shape index (κ3) is 1.78. The van der Waals surface area contributed by atoms with Crippen molar-refractivity contribution < 1.29 is 0 Å². The predicted octanol–water partition coefficient (Wildman–Crippen LogP) is 3.84. The smallest absolute Gasteiger partial charge is 0.0107 e. The van der Waals surface area contributed by atoms with E-state index in [-0.39, 0.29) is 0 Å². The first kappa shape index (κ1) is 11.6. The van der Waals surface area contributed by atoms with Crippen molar-refractivity contribution in [2.45, 2.75) is 0 Å². The minimum Gasteiger partial charge on any atom is -0.0752 e. The van der Waals surface area contributed by atoms with Crippen LogP contribution in [0.4, 0.5) is 0 Å². The van der Waals surface area contributed by atoms with Crippen molar-refractivity contribution in [3.63, 3.8) is 0 Å². The Bertz CT molecular complexity index is 657. The summed E-state index contributed by atoms with van der Waals surface area (Å²) in [5.41, 5.74) is 2.77. The summed E-state index contributed by atoms with van der Waals surface area (Å²) in [4.78, 5) is 0. The molecule has 0 unspecified atom stereocenters. The molecule has 0 spiro atoms. The van der Waals surface area contributed by atoms with E-state index in [1.54, 1.807) is 0 Å². The second-order valence-electron chi connectivity index (χ2n) is 5.09. The van der Waals surface area contributed by atoms with E-state index in [0.29, 0.717) is 0 Å². The van der Waals surface area contributed by atoms with Gasteiger partial charge in [0.1, 0.15) is 0 Å². The summed E-state index contributed by atoms with van der Waals surface area (Å²) in [6, 6.07) is 19.6. The van der Waals surface area contributed by atoms with Crippen molar-refractivity contribution in [2.75, 3.05) is 13.3 Å². The van der Waals surface area contributed by atoms with Crippen LogP contribution in [0.5, 0.6) is 0 Å². The highest BCUT2D eigenvalue weighted by molar-refractivity contribution is 7.82. The van der Waals surface area contributed by atoms with Gasteiger partial charge in [0.2, 0.25) is 0 Å². The van der Waals surface area contributed by atoms with Gasteiger partial charge < -0.3 is 0 Å². The molecule has 0 saturated carbocycles. The number of fused-ring (bicyclic) bond motifs is 1. The summed E-state index contributed by atoms with van der Waals surface area (Å²) in [5.74, 6) is 0. The van der Waals surface area contributed by atoms with E-state index in [4.69, 9.17) is 0 Å². The minimum absolute atomic E-state index is 1.24. The lowest BCUT2D eigenvalue weighted by Crippen LogP contribution is -2.10. The van der Waals surface area contributed by atoms with Crippen molar-refractivity contribution >= 4 is 23.6 Å². The molecule has 0 saturated heterocycles. The van der Waals surface area contributed by atoms with Crippen LogP contribution in [0, 0.1) is 0 Å². The van der Waals surface area contributed by atoms with Crippen molar-refractivity contribution in [2.24, 2.45) is 0 Å². The maximum absolute atomic E-state index is 2.41. The Morgan fingerprint density at radius 2 is 1.39 bits per heavy atom. The van der Waals surface area contributed by atoms with Gasteiger partial charge in [0.15, 0.2) is 0 Å². The van der Waals surface area contributed by atoms with Crippen molar-refractivity contribution in [3.05, 3.63) is 71.8 Å². The van der Waals surface area contributed by atoms with Gasteiger partial charge in [0, 0.05) is 0 Å². The zero-order valence-corrected chi connectivity index (χ0v) is 11.7. The summed E-state index contributed by atoms with van der Waals surface area (Å²) in [6.07, 6.45) is 4.56. The molecule has 1 heteroatoms. The Morgan fingerprint density at radius 1 is 0.722 bits per heavy atom. The van der Waals surface area contributed by atoms with Gasteiger partial charge in [-0.1, -0.05) is 73.6 Å². The monoisotopic (exact) mass is 252 g/mol. The average Bonchev–Trinajstić information content (AvgIpc) is 2.84. The largest absolute Gasteiger partial charge is 0.0752 e. The second-order valence-corrected chi connectivity index (χ2v) is 9.00. The van der Waals surface area contributed by atoms with Crippen LogP contribution in [-0.4, -0.2) is 18.6 Å². The first-order chi connectivity index (χ1) is 8.69. The van der Waals surface area contributed by atoms with Gasteiger partial charge in [-0.2, -0.15) is 0 Å². The highest BCUT2D eigenvalue weighted by Gasteiger charge is 2.19. The quantitative estimate of drug-likeness (QED) is 0.676. The Balaban J connectivity index is 2.26. The molecular formula is C17H17P. The van der Waals surface area contributed by atoms with Crippen molar-refractivity contribution in [1.82, 2.24) is 0 Å². The lowest BCUT2D eigenvalue weighted by molar-refractivity contribution is 1.65. The van der Waals surface area contributed by atoms with E-state index in [1.165, 1.54) is 21.7 Å². The van der Waals surface area contributed by atoms with E-state index in [0.717, 1.165) is 0 Å². The van der Waals surface area contributed by atoms with Gasteiger partial charge >= 0.3 is 0 Å². The maximum atomic E-state index is 2.41. The standard InChI is InChI=1S/C17H17P/c1-18(2,15-9-4-3-5-10-15)17-13-12-14-8-6-7-11-16(14)17/h3-13H,1-2H3. The molecule has 2 aromatic rings. The van der Waals surface area contributed by atoms with Crippen LogP contribution in [0.15, 0.2) is 60.7 Å². The van der Waals surface area contributed by atoms with E-state index in [9.17, 15) is 0 Å². The fourth-order valence-corrected chi connectivity index (χ4v) is 5.01. The molecule has 18 heavy (non-hydrogen) atoms. The molecule has 0 amide bonds. The van der Waals surface area contributed by atoms with Crippen LogP contribution in [0.3, 0.4) is 0 Å². The molecule has 0 aromatic heterocycles. The van der Waals surface area contributed by atoms with E-state index >= 15 is 0 Å². The normalized spacial score (nSPS) is 13.8. The summed E-state index contributed by atoms with van der Waals surface area (Å²) in [7, 11) is 0. The van der Waals surface area contributed by atoms with Crippen LogP contribution in [0.1, 0.15) is 11.1 Å². The molecule has 0 N–H and O–H groups in total. The number of hydrogen-bond acceptors (Lipinski definition) is 0. The van der Waals surface area contributed by atoms with Gasteiger partial charge in [-0.25, -0.2) is 0 Å². The highest BCUT2D eigenvalue weighted by atomic mass is 31.2. The number of benzene rings is 2. The minimum atomic E-state index is -1.24. The van der Waals surface area contributed by atoms with Gasteiger partial charge in [-0.3, -0.25) is 0 Å². The molecule has 1 aliphatic carbocycles. The topological polar surface area (TPSA) is 0 Å². The molecule has 0 heterocycles. The van der Waals surface area contributed by atoms with Gasteiger partial charge in [0.05, 0.1) is 0 Å².